The third-order valence-electron chi connectivity index (χ3n) is 4.42. The normalized spacial score (nSPS) is 13.8. The van der Waals surface area contributed by atoms with Crippen molar-refractivity contribution < 1.29 is 8.78 Å². The van der Waals surface area contributed by atoms with Crippen LogP contribution in [-0.4, -0.2) is 30.6 Å². The zero-order chi connectivity index (χ0) is 15.3. The Kier molecular flexibility index (Phi) is 6.05. The first-order chi connectivity index (χ1) is 9.42. The predicted octanol–water partition coefficient (Wildman–Crippen LogP) is 2.46. The summed E-state index contributed by atoms with van der Waals surface area (Å²) in [7, 11) is 3.97. The first kappa shape index (κ1) is 17.0. The van der Waals surface area contributed by atoms with Gasteiger partial charge in [-0.15, -0.1) is 0 Å². The number of halogens is 2. The number of hydrogen-bond acceptors (Lipinski definition) is 3. The fourth-order valence-corrected chi connectivity index (χ4v) is 3.02. The molecular formula is C15H25F2N3. The molecule has 0 amide bonds. The second kappa shape index (κ2) is 7.11. The van der Waals surface area contributed by atoms with E-state index in [4.69, 9.17) is 5.84 Å². The molecule has 0 spiro atoms. The molecular weight excluding hydrogens is 260 g/mol. The van der Waals surface area contributed by atoms with Crippen LogP contribution in [0.1, 0.15) is 32.3 Å². The Hall–Kier alpha value is -1.04. The number of rotatable bonds is 7. The van der Waals surface area contributed by atoms with Crippen molar-refractivity contribution in [1.29, 1.82) is 0 Å². The monoisotopic (exact) mass is 285 g/mol. The highest BCUT2D eigenvalue weighted by Gasteiger charge is 2.37. The van der Waals surface area contributed by atoms with Gasteiger partial charge in [0.1, 0.15) is 0 Å². The molecule has 0 bridgehead atoms. The highest BCUT2D eigenvalue weighted by molar-refractivity contribution is 5.21. The standard InChI is InChI=1S/C15H25F2N3/c1-5-15(6-2,20(3)4)13(19-18)10-11-8-7-9-12(16)14(11)17/h7-9,13,19H,5-6,10,18H2,1-4H3. The molecule has 1 rings (SSSR count). The zero-order valence-corrected chi connectivity index (χ0v) is 12.7. The summed E-state index contributed by atoms with van der Waals surface area (Å²) in [5, 5.41) is 0. The minimum absolute atomic E-state index is 0.163. The maximum atomic E-state index is 13.8. The third-order valence-corrected chi connectivity index (χ3v) is 4.42. The number of nitrogens with zero attached hydrogens (tertiary/aromatic N) is 1. The summed E-state index contributed by atoms with van der Waals surface area (Å²) in [6, 6.07) is 4.09. The first-order valence-electron chi connectivity index (χ1n) is 6.99. The van der Waals surface area contributed by atoms with E-state index in [1.807, 2.05) is 14.1 Å². The van der Waals surface area contributed by atoms with Crippen LogP contribution in [0.4, 0.5) is 8.78 Å². The summed E-state index contributed by atoms with van der Waals surface area (Å²) in [5.41, 5.74) is 2.94. The van der Waals surface area contributed by atoms with Crippen LogP contribution in [0.5, 0.6) is 0 Å². The van der Waals surface area contributed by atoms with Gasteiger partial charge in [-0.05, 0) is 45.0 Å². The minimum Gasteiger partial charge on any atom is -0.302 e. The molecule has 1 aromatic rings. The van der Waals surface area contributed by atoms with Crippen LogP contribution < -0.4 is 11.3 Å². The average molecular weight is 285 g/mol. The molecule has 0 fully saturated rings. The van der Waals surface area contributed by atoms with Crippen molar-refractivity contribution in [2.75, 3.05) is 14.1 Å². The van der Waals surface area contributed by atoms with Gasteiger partial charge in [0, 0.05) is 11.6 Å². The van der Waals surface area contributed by atoms with E-state index in [9.17, 15) is 8.78 Å². The van der Waals surface area contributed by atoms with E-state index in [1.165, 1.54) is 6.07 Å². The Morgan fingerprint density at radius 2 is 1.85 bits per heavy atom. The molecule has 1 unspecified atom stereocenters. The van der Waals surface area contributed by atoms with Crippen LogP contribution in [0.25, 0.3) is 0 Å². The number of nitrogens with one attached hydrogen (secondary N) is 1. The van der Waals surface area contributed by atoms with Crippen molar-refractivity contribution in [3.63, 3.8) is 0 Å². The summed E-state index contributed by atoms with van der Waals surface area (Å²) in [6.45, 7) is 4.16. The Morgan fingerprint density at radius 1 is 1.25 bits per heavy atom. The molecule has 0 aromatic heterocycles. The molecule has 114 valence electrons. The van der Waals surface area contributed by atoms with Crippen molar-refractivity contribution in [2.24, 2.45) is 5.84 Å². The number of benzene rings is 1. The second-order valence-electron chi connectivity index (χ2n) is 5.34. The molecule has 20 heavy (non-hydrogen) atoms. The Balaban J connectivity index is 3.10. The van der Waals surface area contributed by atoms with Gasteiger partial charge in [-0.2, -0.15) is 0 Å². The van der Waals surface area contributed by atoms with Crippen LogP contribution in [0.15, 0.2) is 18.2 Å². The van der Waals surface area contributed by atoms with Gasteiger partial charge in [0.15, 0.2) is 11.6 Å². The van der Waals surface area contributed by atoms with Crippen LogP contribution in [-0.2, 0) is 6.42 Å². The van der Waals surface area contributed by atoms with Crippen molar-refractivity contribution in [2.45, 2.75) is 44.7 Å². The van der Waals surface area contributed by atoms with Gasteiger partial charge >= 0.3 is 0 Å². The highest BCUT2D eigenvalue weighted by atomic mass is 19.2. The van der Waals surface area contributed by atoms with Crippen LogP contribution in [0.3, 0.4) is 0 Å². The quantitative estimate of drug-likeness (QED) is 0.597. The van der Waals surface area contributed by atoms with Gasteiger partial charge < -0.3 is 4.90 Å². The summed E-state index contributed by atoms with van der Waals surface area (Å²) in [4.78, 5) is 2.11. The Morgan fingerprint density at radius 3 is 2.30 bits per heavy atom. The zero-order valence-electron chi connectivity index (χ0n) is 12.7. The molecule has 1 atom stereocenters. The molecule has 0 aliphatic heterocycles. The lowest BCUT2D eigenvalue weighted by molar-refractivity contribution is 0.0877. The number of hydrogen-bond donors (Lipinski definition) is 2. The highest BCUT2D eigenvalue weighted by Crippen LogP contribution is 2.28. The number of nitrogens with two attached hydrogens (primary N) is 1. The molecule has 3 nitrogen and oxygen atoms in total. The lowest BCUT2D eigenvalue weighted by Gasteiger charge is -2.45. The SMILES string of the molecule is CCC(CC)(C(Cc1cccc(F)c1F)NN)N(C)C. The van der Waals surface area contributed by atoms with Crippen molar-refractivity contribution in [3.05, 3.63) is 35.4 Å². The summed E-state index contributed by atoms with van der Waals surface area (Å²) in [6.07, 6.45) is 2.07. The molecule has 5 heteroatoms. The van der Waals surface area contributed by atoms with Gasteiger partial charge in [0.2, 0.25) is 0 Å². The third kappa shape index (κ3) is 3.16. The van der Waals surface area contributed by atoms with E-state index < -0.39 is 11.6 Å². The van der Waals surface area contributed by atoms with E-state index >= 15 is 0 Å². The first-order valence-corrected chi connectivity index (χ1v) is 6.99. The van der Waals surface area contributed by atoms with Crippen LogP contribution >= 0.6 is 0 Å². The molecule has 0 saturated heterocycles. The van der Waals surface area contributed by atoms with Crippen LogP contribution in [0, 0.1) is 11.6 Å². The van der Waals surface area contributed by atoms with E-state index in [1.54, 1.807) is 6.07 Å². The molecule has 0 heterocycles. The molecule has 0 radical (unpaired) electrons. The Labute approximate surface area is 120 Å². The summed E-state index contributed by atoms with van der Waals surface area (Å²) >= 11 is 0. The largest absolute Gasteiger partial charge is 0.302 e. The average Bonchev–Trinajstić information content (AvgIpc) is 2.43. The van der Waals surface area contributed by atoms with Crippen molar-refractivity contribution in [1.82, 2.24) is 10.3 Å². The van der Waals surface area contributed by atoms with E-state index in [0.29, 0.717) is 12.0 Å². The van der Waals surface area contributed by atoms with E-state index in [2.05, 4.69) is 24.2 Å². The predicted molar refractivity (Wildman–Crippen MR) is 78.2 cm³/mol. The van der Waals surface area contributed by atoms with Gasteiger partial charge in [0.25, 0.3) is 0 Å². The number of likely N-dealkylation sites (N-methyl/N-ethyl adjacent to an activating group) is 1. The Bertz CT molecular complexity index is 431. The van der Waals surface area contributed by atoms with Crippen LogP contribution in [0.2, 0.25) is 0 Å². The van der Waals surface area contributed by atoms with E-state index in [-0.39, 0.29) is 11.6 Å². The smallest absolute Gasteiger partial charge is 0.162 e. The van der Waals surface area contributed by atoms with Crippen molar-refractivity contribution in [3.8, 4) is 0 Å². The summed E-state index contributed by atoms with van der Waals surface area (Å²) < 4.78 is 27.2. The number of hydrazine groups is 1. The summed E-state index contributed by atoms with van der Waals surface area (Å²) in [5.74, 6) is 4.09. The van der Waals surface area contributed by atoms with Gasteiger partial charge in [-0.3, -0.25) is 11.3 Å². The molecule has 3 N–H and O–H groups in total. The molecule has 0 aliphatic carbocycles. The van der Waals surface area contributed by atoms with Gasteiger partial charge in [-0.1, -0.05) is 26.0 Å². The maximum Gasteiger partial charge on any atom is 0.162 e. The maximum absolute atomic E-state index is 13.8. The van der Waals surface area contributed by atoms with E-state index in [0.717, 1.165) is 18.9 Å². The lowest BCUT2D eigenvalue weighted by Crippen LogP contribution is -2.61. The minimum atomic E-state index is -0.818. The lowest BCUT2D eigenvalue weighted by atomic mass is 9.80. The topological polar surface area (TPSA) is 41.3 Å². The molecule has 1 aromatic carbocycles. The molecule has 0 aliphatic rings. The fraction of sp³-hybridized carbons (Fsp3) is 0.600. The van der Waals surface area contributed by atoms with Gasteiger partial charge in [-0.25, -0.2) is 8.78 Å². The van der Waals surface area contributed by atoms with Gasteiger partial charge in [0.05, 0.1) is 0 Å². The fourth-order valence-electron chi connectivity index (χ4n) is 3.02. The second-order valence-corrected chi connectivity index (χ2v) is 5.34. The molecule has 0 saturated carbocycles. The van der Waals surface area contributed by atoms with Crippen molar-refractivity contribution >= 4 is 0 Å².